The number of anilines is 2. The molecule has 1 N–H and O–H groups in total. The molecule has 0 aromatic carbocycles. The molecular weight excluding hydrogens is 240 g/mol. The fourth-order valence-electron chi connectivity index (χ4n) is 2.32. The van der Waals surface area contributed by atoms with Crippen LogP contribution in [-0.2, 0) is 11.3 Å². The Balaban J connectivity index is 2.18. The van der Waals surface area contributed by atoms with Crippen molar-refractivity contribution in [1.29, 1.82) is 0 Å². The lowest BCUT2D eigenvalue weighted by atomic mass is 10.2. The van der Waals surface area contributed by atoms with Crippen LogP contribution in [0.5, 0.6) is 0 Å². The van der Waals surface area contributed by atoms with Crippen LogP contribution in [0.25, 0.3) is 0 Å². The maximum Gasteiger partial charge on any atom is 0.158 e. The third-order valence-electron chi connectivity index (χ3n) is 3.30. The Morgan fingerprint density at radius 1 is 1.42 bits per heavy atom. The highest BCUT2D eigenvalue weighted by Gasteiger charge is 2.21. The van der Waals surface area contributed by atoms with E-state index in [2.05, 4.69) is 34.0 Å². The molecule has 1 aliphatic rings. The van der Waals surface area contributed by atoms with Gasteiger partial charge < -0.3 is 15.0 Å². The Labute approximate surface area is 115 Å². The number of hydrogen-bond donors (Lipinski definition) is 1. The van der Waals surface area contributed by atoms with Gasteiger partial charge >= 0.3 is 0 Å². The van der Waals surface area contributed by atoms with Crippen LogP contribution < -0.4 is 10.2 Å². The van der Waals surface area contributed by atoms with E-state index in [9.17, 15) is 0 Å². The van der Waals surface area contributed by atoms with Crippen LogP contribution in [0, 0.1) is 5.92 Å². The van der Waals surface area contributed by atoms with Gasteiger partial charge in [0, 0.05) is 32.3 Å². The number of ether oxygens (including phenoxy) is 1. The summed E-state index contributed by atoms with van der Waals surface area (Å²) in [5, 5.41) is 3.27. The summed E-state index contributed by atoms with van der Waals surface area (Å²) >= 11 is 0. The Hall–Kier alpha value is -1.36. The molecule has 1 unspecified atom stereocenters. The first-order valence-corrected chi connectivity index (χ1v) is 7.17. The second-order valence-corrected chi connectivity index (χ2v) is 5.03. The van der Waals surface area contributed by atoms with Crippen LogP contribution in [0.2, 0.25) is 0 Å². The van der Waals surface area contributed by atoms with Gasteiger partial charge in [0.15, 0.2) is 5.82 Å². The summed E-state index contributed by atoms with van der Waals surface area (Å²) in [5.74, 6) is 3.41. The number of hydrogen-bond acceptors (Lipinski definition) is 5. The Morgan fingerprint density at radius 2 is 2.26 bits per heavy atom. The van der Waals surface area contributed by atoms with Crippen molar-refractivity contribution in [2.24, 2.45) is 5.92 Å². The molecule has 0 spiro atoms. The van der Waals surface area contributed by atoms with Crippen molar-refractivity contribution in [3.05, 3.63) is 11.9 Å². The molecule has 0 saturated carbocycles. The first kappa shape index (κ1) is 14.1. The van der Waals surface area contributed by atoms with E-state index >= 15 is 0 Å². The van der Waals surface area contributed by atoms with Crippen LogP contribution >= 0.6 is 0 Å². The van der Waals surface area contributed by atoms with E-state index in [1.165, 1.54) is 6.42 Å². The molecule has 0 radical (unpaired) electrons. The summed E-state index contributed by atoms with van der Waals surface area (Å²) in [4.78, 5) is 11.4. The molecule has 19 heavy (non-hydrogen) atoms. The molecule has 0 aliphatic carbocycles. The maximum atomic E-state index is 5.42. The predicted molar refractivity (Wildman–Crippen MR) is 77.5 cm³/mol. The zero-order valence-electron chi connectivity index (χ0n) is 12.1. The zero-order chi connectivity index (χ0) is 13.7. The van der Waals surface area contributed by atoms with Crippen LogP contribution in [-0.4, -0.2) is 36.2 Å². The highest BCUT2D eigenvalue weighted by Crippen LogP contribution is 2.23. The van der Waals surface area contributed by atoms with Crippen molar-refractivity contribution >= 4 is 11.6 Å². The minimum atomic E-state index is 0.478. The molecule has 5 heteroatoms. The summed E-state index contributed by atoms with van der Waals surface area (Å²) in [6.07, 6.45) is 1.24. The van der Waals surface area contributed by atoms with Gasteiger partial charge in [-0.05, 0) is 26.2 Å². The second-order valence-electron chi connectivity index (χ2n) is 5.03. The Bertz CT molecular complexity index is 410. The Morgan fingerprint density at radius 3 is 2.89 bits per heavy atom. The standard InChI is InChI=1S/C14H24N4O/c1-4-15-12-8-14(18-7-6-11(3)9-18)17-13(16-12)10-19-5-2/h8,11H,4-7,9-10H2,1-3H3,(H,15,16,17). The lowest BCUT2D eigenvalue weighted by Crippen LogP contribution is -2.21. The van der Waals surface area contributed by atoms with Gasteiger partial charge in [-0.1, -0.05) is 6.92 Å². The SMILES string of the molecule is CCNc1cc(N2CCC(C)C2)nc(COCC)n1. The van der Waals surface area contributed by atoms with Crippen LogP contribution in [0.4, 0.5) is 11.6 Å². The molecule has 1 aromatic heterocycles. The number of nitrogens with one attached hydrogen (secondary N) is 1. The van der Waals surface area contributed by atoms with Crippen molar-refractivity contribution in [3.8, 4) is 0 Å². The quantitative estimate of drug-likeness (QED) is 0.854. The second kappa shape index (κ2) is 6.70. The van der Waals surface area contributed by atoms with Crippen molar-refractivity contribution in [3.63, 3.8) is 0 Å². The zero-order valence-corrected chi connectivity index (χ0v) is 12.1. The van der Waals surface area contributed by atoms with Crippen LogP contribution in [0.1, 0.15) is 33.0 Å². The van der Waals surface area contributed by atoms with E-state index in [0.29, 0.717) is 13.2 Å². The van der Waals surface area contributed by atoms with Gasteiger partial charge in [-0.15, -0.1) is 0 Å². The van der Waals surface area contributed by atoms with Gasteiger partial charge in [-0.25, -0.2) is 9.97 Å². The molecule has 5 nitrogen and oxygen atoms in total. The first-order chi connectivity index (χ1) is 9.22. The van der Waals surface area contributed by atoms with Gasteiger partial charge in [0.1, 0.15) is 18.2 Å². The molecule has 1 saturated heterocycles. The maximum absolute atomic E-state index is 5.42. The van der Waals surface area contributed by atoms with Gasteiger partial charge in [0.05, 0.1) is 0 Å². The molecule has 1 atom stereocenters. The molecule has 1 aliphatic heterocycles. The normalized spacial score (nSPS) is 18.9. The highest BCUT2D eigenvalue weighted by molar-refractivity contribution is 5.50. The van der Waals surface area contributed by atoms with Crippen molar-refractivity contribution in [2.45, 2.75) is 33.8 Å². The predicted octanol–water partition coefficient (Wildman–Crippen LogP) is 2.29. The summed E-state index contributed by atoms with van der Waals surface area (Å²) < 4.78 is 5.42. The van der Waals surface area contributed by atoms with E-state index in [4.69, 9.17) is 4.74 Å². The Kier molecular flexibility index (Phi) is 4.96. The average molecular weight is 264 g/mol. The van der Waals surface area contributed by atoms with Gasteiger partial charge in [0.25, 0.3) is 0 Å². The van der Waals surface area contributed by atoms with E-state index in [1.807, 2.05) is 13.0 Å². The monoisotopic (exact) mass is 264 g/mol. The molecule has 2 rings (SSSR count). The molecule has 1 aromatic rings. The third kappa shape index (κ3) is 3.80. The number of nitrogens with zero attached hydrogens (tertiary/aromatic N) is 3. The topological polar surface area (TPSA) is 50.3 Å². The fourth-order valence-corrected chi connectivity index (χ4v) is 2.32. The van der Waals surface area contributed by atoms with Gasteiger partial charge in [-0.3, -0.25) is 0 Å². The van der Waals surface area contributed by atoms with E-state index in [-0.39, 0.29) is 0 Å². The van der Waals surface area contributed by atoms with Crippen molar-refractivity contribution in [2.75, 3.05) is 36.5 Å². The smallest absolute Gasteiger partial charge is 0.158 e. The minimum absolute atomic E-state index is 0.478. The lowest BCUT2D eigenvalue weighted by molar-refractivity contribution is 0.128. The minimum Gasteiger partial charge on any atom is -0.374 e. The molecular formula is C14H24N4O. The van der Waals surface area contributed by atoms with Crippen molar-refractivity contribution < 1.29 is 4.74 Å². The number of aromatic nitrogens is 2. The van der Waals surface area contributed by atoms with Gasteiger partial charge in [0.2, 0.25) is 0 Å². The van der Waals surface area contributed by atoms with E-state index < -0.39 is 0 Å². The van der Waals surface area contributed by atoms with E-state index in [0.717, 1.165) is 43.0 Å². The molecule has 2 heterocycles. The largest absolute Gasteiger partial charge is 0.374 e. The van der Waals surface area contributed by atoms with Crippen LogP contribution in [0.3, 0.4) is 0 Å². The third-order valence-corrected chi connectivity index (χ3v) is 3.30. The molecule has 0 bridgehead atoms. The average Bonchev–Trinajstić information content (AvgIpc) is 2.83. The highest BCUT2D eigenvalue weighted by atomic mass is 16.5. The number of rotatable bonds is 6. The fraction of sp³-hybridized carbons (Fsp3) is 0.714. The van der Waals surface area contributed by atoms with Gasteiger partial charge in [-0.2, -0.15) is 0 Å². The first-order valence-electron chi connectivity index (χ1n) is 7.17. The molecule has 0 amide bonds. The lowest BCUT2D eigenvalue weighted by Gasteiger charge is -2.18. The van der Waals surface area contributed by atoms with Crippen molar-refractivity contribution in [1.82, 2.24) is 9.97 Å². The summed E-state index contributed by atoms with van der Waals surface area (Å²) in [6, 6.07) is 2.04. The summed E-state index contributed by atoms with van der Waals surface area (Å²) in [5.41, 5.74) is 0. The molecule has 106 valence electrons. The molecule has 1 fully saturated rings. The van der Waals surface area contributed by atoms with Crippen LogP contribution in [0.15, 0.2) is 6.07 Å². The summed E-state index contributed by atoms with van der Waals surface area (Å²) in [7, 11) is 0. The summed E-state index contributed by atoms with van der Waals surface area (Å²) in [6.45, 7) is 10.5. The van der Waals surface area contributed by atoms with E-state index in [1.54, 1.807) is 0 Å².